The van der Waals surface area contributed by atoms with Crippen LogP contribution in [-0.2, 0) is 35.1 Å². The summed E-state index contributed by atoms with van der Waals surface area (Å²) in [6, 6.07) is 7.31. The van der Waals surface area contributed by atoms with Crippen molar-refractivity contribution in [2.75, 3.05) is 26.9 Å². The lowest BCUT2D eigenvalue weighted by Gasteiger charge is -2.46. The number of ether oxygens (including phenoxy) is 5. The molecule has 1 saturated carbocycles. The average molecular weight is 632 g/mol. The molecule has 16 heteroatoms. The van der Waals surface area contributed by atoms with Gasteiger partial charge in [-0.05, 0) is 11.1 Å². The van der Waals surface area contributed by atoms with Gasteiger partial charge in [0.2, 0.25) is 0 Å². The maximum absolute atomic E-state index is 10.9. The van der Waals surface area contributed by atoms with E-state index in [-0.39, 0.29) is 12.3 Å². The van der Waals surface area contributed by atoms with Gasteiger partial charge >= 0.3 is 0 Å². The Morgan fingerprint density at radius 1 is 0.750 bits per heavy atom. The molecule has 3 aliphatic rings. The van der Waals surface area contributed by atoms with Crippen LogP contribution in [0.3, 0.4) is 0 Å². The highest BCUT2D eigenvalue weighted by molar-refractivity contribution is 5.94. The van der Waals surface area contributed by atoms with Crippen molar-refractivity contribution >= 4 is 11.8 Å². The van der Waals surface area contributed by atoms with Crippen LogP contribution in [0, 0.1) is 5.92 Å². The van der Waals surface area contributed by atoms with Crippen LogP contribution in [-0.4, -0.2) is 158 Å². The standard InChI is InChI=1S/C28H41NO15/c1-3-12-4-6-13(7-5-12)11-40-29-17-14(8-30)24(26(39-2)19(17)34)43-28-23(38)21(36)25(16(10-32)42-28)44-27-22(37)20(35)18(33)15(9-31)41-27/h3-7,14-16,18-28,30-38H,1,8-11H2,2H3. The minimum Gasteiger partial charge on any atom is -0.396 e. The van der Waals surface area contributed by atoms with Crippen LogP contribution in [0.2, 0.25) is 0 Å². The second-order valence-electron chi connectivity index (χ2n) is 10.8. The lowest BCUT2D eigenvalue weighted by Crippen LogP contribution is -2.65. The van der Waals surface area contributed by atoms with Gasteiger partial charge in [-0.15, -0.1) is 0 Å². The third-order valence-corrected chi connectivity index (χ3v) is 8.05. The molecule has 2 heterocycles. The molecule has 2 saturated heterocycles. The predicted molar refractivity (Wildman–Crippen MR) is 147 cm³/mol. The van der Waals surface area contributed by atoms with Gasteiger partial charge in [0.05, 0.1) is 31.5 Å². The molecule has 1 aromatic rings. The summed E-state index contributed by atoms with van der Waals surface area (Å²) < 4.78 is 27.9. The van der Waals surface area contributed by atoms with E-state index in [1.54, 1.807) is 6.08 Å². The Morgan fingerprint density at radius 2 is 1.34 bits per heavy atom. The van der Waals surface area contributed by atoms with Gasteiger partial charge in [0.1, 0.15) is 73.8 Å². The van der Waals surface area contributed by atoms with Crippen molar-refractivity contribution < 1.29 is 74.5 Å². The first kappa shape index (κ1) is 34.7. The number of hydrogen-bond donors (Lipinski definition) is 9. The number of aliphatic hydroxyl groups is 9. The normalized spacial score (nSPS) is 42.0. The van der Waals surface area contributed by atoms with Gasteiger partial charge in [-0.3, -0.25) is 0 Å². The molecule has 14 unspecified atom stereocenters. The zero-order valence-electron chi connectivity index (χ0n) is 23.9. The summed E-state index contributed by atoms with van der Waals surface area (Å²) in [6.07, 6.45) is -18.4. The van der Waals surface area contributed by atoms with Gasteiger partial charge in [0, 0.05) is 7.11 Å². The van der Waals surface area contributed by atoms with Crippen LogP contribution in [0.4, 0.5) is 0 Å². The second-order valence-corrected chi connectivity index (χ2v) is 10.8. The van der Waals surface area contributed by atoms with Gasteiger partial charge in [0.15, 0.2) is 12.6 Å². The zero-order chi connectivity index (χ0) is 32.1. The molecule has 44 heavy (non-hydrogen) atoms. The third kappa shape index (κ3) is 7.14. The quantitative estimate of drug-likeness (QED) is 0.100. The minimum absolute atomic E-state index is 0.0143. The first-order valence-corrected chi connectivity index (χ1v) is 14.1. The lowest BCUT2D eigenvalue weighted by atomic mass is 9.96. The van der Waals surface area contributed by atoms with E-state index in [0.29, 0.717) is 0 Å². The van der Waals surface area contributed by atoms with Gasteiger partial charge in [-0.1, -0.05) is 42.1 Å². The first-order valence-electron chi connectivity index (χ1n) is 14.1. The van der Waals surface area contributed by atoms with E-state index in [1.165, 1.54) is 7.11 Å². The number of rotatable bonds is 12. The van der Waals surface area contributed by atoms with Crippen LogP contribution >= 0.6 is 0 Å². The van der Waals surface area contributed by atoms with Gasteiger partial charge in [-0.25, -0.2) is 0 Å². The summed E-state index contributed by atoms with van der Waals surface area (Å²) in [4.78, 5) is 5.44. The molecule has 16 nitrogen and oxygen atoms in total. The maximum atomic E-state index is 10.9. The highest BCUT2D eigenvalue weighted by Gasteiger charge is 2.55. The molecule has 4 rings (SSSR count). The molecule has 2 aliphatic heterocycles. The van der Waals surface area contributed by atoms with Crippen LogP contribution in [0.1, 0.15) is 11.1 Å². The van der Waals surface area contributed by atoms with E-state index in [4.69, 9.17) is 28.5 Å². The molecule has 0 bridgehead atoms. The third-order valence-electron chi connectivity index (χ3n) is 8.05. The van der Waals surface area contributed by atoms with Crippen molar-refractivity contribution in [2.24, 2.45) is 11.1 Å². The molecule has 248 valence electrons. The molecule has 1 aromatic carbocycles. The number of benzene rings is 1. The molecule has 3 fully saturated rings. The molecular weight excluding hydrogens is 590 g/mol. The number of nitrogens with zero attached hydrogens (tertiary/aromatic N) is 1. The highest BCUT2D eigenvalue weighted by atomic mass is 16.7. The predicted octanol–water partition coefficient (Wildman–Crippen LogP) is -3.79. The molecule has 0 radical (unpaired) electrons. The minimum atomic E-state index is -1.84. The van der Waals surface area contributed by atoms with Crippen molar-refractivity contribution in [3.63, 3.8) is 0 Å². The van der Waals surface area contributed by atoms with Crippen molar-refractivity contribution in [1.82, 2.24) is 0 Å². The summed E-state index contributed by atoms with van der Waals surface area (Å²) in [6.45, 7) is 1.68. The second kappa shape index (κ2) is 15.4. The molecule has 9 N–H and O–H groups in total. The monoisotopic (exact) mass is 631 g/mol. The fourth-order valence-corrected chi connectivity index (χ4v) is 5.47. The highest BCUT2D eigenvalue weighted by Crippen LogP contribution is 2.35. The number of oxime groups is 1. The van der Waals surface area contributed by atoms with E-state index >= 15 is 0 Å². The van der Waals surface area contributed by atoms with E-state index in [9.17, 15) is 46.0 Å². The maximum Gasteiger partial charge on any atom is 0.187 e. The SMILES string of the molecule is C=Cc1ccc(CON=C2C(O)C(OC)C(OC3OC(CO)C(OC4OC(CO)C(O)C(O)C4O)C(O)C3O)C2CO)cc1. The van der Waals surface area contributed by atoms with Crippen molar-refractivity contribution in [3.05, 3.63) is 42.0 Å². The number of hydrogen-bond acceptors (Lipinski definition) is 16. The smallest absolute Gasteiger partial charge is 0.187 e. The lowest BCUT2D eigenvalue weighted by molar-refractivity contribution is -0.365. The number of methoxy groups -OCH3 is 1. The van der Waals surface area contributed by atoms with Gasteiger partial charge in [0.25, 0.3) is 0 Å². The van der Waals surface area contributed by atoms with E-state index in [0.717, 1.165) is 11.1 Å². The molecule has 14 atom stereocenters. The largest absolute Gasteiger partial charge is 0.396 e. The number of aliphatic hydroxyl groups excluding tert-OH is 9. The topological polar surface area (TPSA) is 250 Å². The molecule has 0 aromatic heterocycles. The van der Waals surface area contributed by atoms with Gasteiger partial charge < -0.3 is 74.5 Å². The summed E-state index contributed by atoms with van der Waals surface area (Å²) in [5.74, 6) is -0.985. The summed E-state index contributed by atoms with van der Waals surface area (Å²) in [5.41, 5.74) is 1.72. The Bertz CT molecular complexity index is 1090. The Hall–Kier alpha value is -2.13. The van der Waals surface area contributed by atoms with E-state index in [1.807, 2.05) is 24.3 Å². The molecule has 0 amide bonds. The zero-order valence-corrected chi connectivity index (χ0v) is 23.9. The van der Waals surface area contributed by atoms with Gasteiger partial charge in [-0.2, -0.15) is 0 Å². The fraction of sp³-hybridized carbons (Fsp3) is 0.679. The van der Waals surface area contributed by atoms with E-state index in [2.05, 4.69) is 11.7 Å². The van der Waals surface area contributed by atoms with Crippen molar-refractivity contribution in [3.8, 4) is 0 Å². The van der Waals surface area contributed by atoms with Crippen LogP contribution in [0.5, 0.6) is 0 Å². The van der Waals surface area contributed by atoms with Crippen LogP contribution in [0.25, 0.3) is 6.08 Å². The van der Waals surface area contributed by atoms with Crippen molar-refractivity contribution in [1.29, 1.82) is 0 Å². The first-order chi connectivity index (χ1) is 21.1. The van der Waals surface area contributed by atoms with Crippen LogP contribution < -0.4 is 0 Å². The average Bonchev–Trinajstić information content (AvgIpc) is 3.29. The molecule has 0 spiro atoms. The fourth-order valence-electron chi connectivity index (χ4n) is 5.47. The Kier molecular flexibility index (Phi) is 12.2. The Labute approximate surface area is 252 Å². The summed E-state index contributed by atoms with van der Waals surface area (Å²) in [5, 5.41) is 96.8. The molecular formula is C28H41NO15. The van der Waals surface area contributed by atoms with E-state index < -0.39 is 105 Å². The summed E-state index contributed by atoms with van der Waals surface area (Å²) >= 11 is 0. The Morgan fingerprint density at radius 3 is 1.91 bits per heavy atom. The summed E-state index contributed by atoms with van der Waals surface area (Å²) in [7, 11) is 1.29. The van der Waals surface area contributed by atoms with Crippen LogP contribution in [0.15, 0.2) is 36.0 Å². The molecule has 1 aliphatic carbocycles. The Balaban J connectivity index is 1.45. The van der Waals surface area contributed by atoms with Crippen molar-refractivity contribution in [2.45, 2.75) is 86.3 Å².